The van der Waals surface area contributed by atoms with Crippen molar-refractivity contribution in [2.75, 3.05) is 12.4 Å². The Morgan fingerprint density at radius 1 is 1.42 bits per heavy atom. The number of nitrogens with one attached hydrogen (secondary N) is 1. The van der Waals surface area contributed by atoms with Gasteiger partial charge in [0.1, 0.15) is 5.75 Å². The molecule has 1 aromatic carbocycles. The monoisotopic (exact) mass is 278 g/mol. The third-order valence-corrected chi connectivity index (χ3v) is 3.51. The molecule has 1 heterocycles. The first-order valence-electron chi connectivity index (χ1n) is 5.73. The average Bonchev–Trinajstić information content (AvgIpc) is 2.92. The van der Waals surface area contributed by atoms with Crippen molar-refractivity contribution in [1.29, 1.82) is 0 Å². The molecule has 0 fully saturated rings. The molecule has 2 aromatic rings. The van der Waals surface area contributed by atoms with Crippen LogP contribution in [-0.2, 0) is 0 Å². The normalized spacial score (nSPS) is 11.9. The van der Waals surface area contributed by atoms with E-state index in [-0.39, 0.29) is 11.7 Å². The minimum Gasteiger partial charge on any atom is -0.494 e. The van der Waals surface area contributed by atoms with Gasteiger partial charge in [-0.2, -0.15) is 11.3 Å². The van der Waals surface area contributed by atoms with Crippen LogP contribution in [0.2, 0.25) is 0 Å². The maximum Gasteiger partial charge on any atom is 0.273 e. The molecule has 0 bridgehead atoms. The fraction of sp³-hybridized carbons (Fsp3) is 0.231. The van der Waals surface area contributed by atoms with Gasteiger partial charge in [-0.25, -0.2) is 0 Å². The highest BCUT2D eigenvalue weighted by molar-refractivity contribution is 7.07. The predicted molar refractivity (Wildman–Crippen MR) is 76.0 cm³/mol. The Bertz CT molecular complexity index is 569. The van der Waals surface area contributed by atoms with E-state index >= 15 is 0 Å². The van der Waals surface area contributed by atoms with E-state index in [1.807, 2.05) is 18.4 Å². The van der Waals surface area contributed by atoms with E-state index in [9.17, 15) is 10.1 Å². The molecule has 6 heteroatoms. The van der Waals surface area contributed by atoms with Gasteiger partial charge in [-0.15, -0.1) is 0 Å². The zero-order valence-corrected chi connectivity index (χ0v) is 11.4. The molecule has 100 valence electrons. The lowest BCUT2D eigenvalue weighted by Gasteiger charge is -2.16. The SMILES string of the molecule is COc1cc([N+](=O)[O-])ccc1NC(C)c1ccsc1. The van der Waals surface area contributed by atoms with Gasteiger partial charge in [-0.05, 0) is 35.4 Å². The summed E-state index contributed by atoms with van der Waals surface area (Å²) in [6, 6.07) is 6.70. The lowest BCUT2D eigenvalue weighted by Crippen LogP contribution is -2.06. The smallest absolute Gasteiger partial charge is 0.273 e. The molecule has 1 atom stereocenters. The van der Waals surface area contributed by atoms with Crippen LogP contribution in [0, 0.1) is 10.1 Å². The first-order chi connectivity index (χ1) is 9.11. The zero-order valence-electron chi connectivity index (χ0n) is 10.6. The van der Waals surface area contributed by atoms with Gasteiger partial charge in [0.05, 0.1) is 23.8 Å². The quantitative estimate of drug-likeness (QED) is 0.666. The highest BCUT2D eigenvalue weighted by Gasteiger charge is 2.13. The van der Waals surface area contributed by atoms with Crippen LogP contribution < -0.4 is 10.1 Å². The first kappa shape index (κ1) is 13.4. The lowest BCUT2D eigenvalue weighted by atomic mass is 10.1. The molecule has 0 radical (unpaired) electrons. The third-order valence-electron chi connectivity index (χ3n) is 2.81. The summed E-state index contributed by atoms with van der Waals surface area (Å²) in [5.74, 6) is 0.469. The molecule has 2 rings (SSSR count). The maximum absolute atomic E-state index is 10.7. The summed E-state index contributed by atoms with van der Waals surface area (Å²) >= 11 is 1.63. The Morgan fingerprint density at radius 3 is 2.79 bits per heavy atom. The number of hydrogen-bond donors (Lipinski definition) is 1. The summed E-state index contributed by atoms with van der Waals surface area (Å²) in [4.78, 5) is 10.3. The van der Waals surface area contributed by atoms with E-state index < -0.39 is 4.92 Å². The third kappa shape index (κ3) is 3.03. The number of nitrogens with zero attached hydrogens (tertiary/aromatic N) is 1. The van der Waals surface area contributed by atoms with Crippen molar-refractivity contribution in [3.63, 3.8) is 0 Å². The van der Waals surface area contributed by atoms with Gasteiger partial charge in [0, 0.05) is 12.1 Å². The number of nitro groups is 1. The Kier molecular flexibility index (Phi) is 4.01. The summed E-state index contributed by atoms with van der Waals surface area (Å²) in [6.45, 7) is 2.03. The van der Waals surface area contributed by atoms with Crippen molar-refractivity contribution < 1.29 is 9.66 Å². The standard InChI is InChI=1S/C13H14N2O3S/c1-9(10-5-6-19-8-10)14-12-4-3-11(15(16)17)7-13(12)18-2/h3-9,14H,1-2H3. The van der Waals surface area contributed by atoms with Gasteiger partial charge >= 0.3 is 0 Å². The van der Waals surface area contributed by atoms with E-state index in [0.717, 1.165) is 5.69 Å². The number of hydrogen-bond acceptors (Lipinski definition) is 5. The van der Waals surface area contributed by atoms with Gasteiger partial charge in [-0.3, -0.25) is 10.1 Å². The Balaban J connectivity index is 2.22. The molecule has 0 saturated heterocycles. The lowest BCUT2D eigenvalue weighted by molar-refractivity contribution is -0.384. The molecular weight excluding hydrogens is 264 g/mol. The van der Waals surface area contributed by atoms with Crippen LogP contribution in [0.3, 0.4) is 0 Å². The fourth-order valence-corrected chi connectivity index (χ4v) is 2.50. The fourth-order valence-electron chi connectivity index (χ4n) is 1.75. The van der Waals surface area contributed by atoms with E-state index in [2.05, 4.69) is 10.7 Å². The molecule has 1 N–H and O–H groups in total. The minimum absolute atomic E-state index is 0.0191. The second-order valence-electron chi connectivity index (χ2n) is 4.06. The minimum atomic E-state index is -0.436. The van der Waals surface area contributed by atoms with E-state index in [1.54, 1.807) is 17.4 Å². The molecule has 0 aliphatic rings. The summed E-state index contributed by atoms with van der Waals surface area (Å²) in [7, 11) is 1.50. The van der Waals surface area contributed by atoms with Crippen molar-refractivity contribution in [3.05, 3.63) is 50.7 Å². The number of benzene rings is 1. The molecule has 0 aliphatic carbocycles. The van der Waals surface area contributed by atoms with Crippen LogP contribution in [0.15, 0.2) is 35.0 Å². The van der Waals surface area contributed by atoms with Crippen LogP contribution in [0.1, 0.15) is 18.5 Å². The number of methoxy groups -OCH3 is 1. The molecule has 0 amide bonds. The molecule has 5 nitrogen and oxygen atoms in total. The van der Waals surface area contributed by atoms with E-state index in [4.69, 9.17) is 4.74 Å². The Morgan fingerprint density at radius 2 is 2.21 bits per heavy atom. The van der Waals surface area contributed by atoms with E-state index in [0.29, 0.717) is 5.75 Å². The second-order valence-corrected chi connectivity index (χ2v) is 4.84. The van der Waals surface area contributed by atoms with Crippen molar-refractivity contribution in [2.24, 2.45) is 0 Å². The van der Waals surface area contributed by atoms with Crippen LogP contribution in [-0.4, -0.2) is 12.0 Å². The van der Waals surface area contributed by atoms with Gasteiger partial charge < -0.3 is 10.1 Å². The van der Waals surface area contributed by atoms with Crippen molar-refractivity contribution in [1.82, 2.24) is 0 Å². The molecular formula is C13H14N2O3S. The summed E-state index contributed by atoms with van der Waals surface area (Å²) in [5, 5.41) is 18.1. The topological polar surface area (TPSA) is 64.4 Å². The maximum atomic E-state index is 10.7. The number of nitro benzene ring substituents is 1. The molecule has 19 heavy (non-hydrogen) atoms. The molecule has 0 saturated carbocycles. The number of rotatable bonds is 5. The summed E-state index contributed by atoms with van der Waals surface area (Å²) in [6.07, 6.45) is 0. The highest BCUT2D eigenvalue weighted by Crippen LogP contribution is 2.32. The number of anilines is 1. The van der Waals surface area contributed by atoms with Crippen molar-refractivity contribution >= 4 is 22.7 Å². The second kappa shape index (κ2) is 5.71. The van der Waals surface area contributed by atoms with Gasteiger partial charge in [0.15, 0.2) is 0 Å². The van der Waals surface area contributed by atoms with Crippen LogP contribution in [0.4, 0.5) is 11.4 Å². The molecule has 1 aromatic heterocycles. The van der Waals surface area contributed by atoms with Gasteiger partial charge in [0.25, 0.3) is 5.69 Å². The van der Waals surface area contributed by atoms with Crippen LogP contribution in [0.25, 0.3) is 0 Å². The first-order valence-corrected chi connectivity index (χ1v) is 6.67. The Labute approximate surface area is 115 Å². The summed E-state index contributed by atoms with van der Waals surface area (Å²) < 4.78 is 5.19. The van der Waals surface area contributed by atoms with Crippen molar-refractivity contribution in [2.45, 2.75) is 13.0 Å². The zero-order chi connectivity index (χ0) is 13.8. The highest BCUT2D eigenvalue weighted by atomic mass is 32.1. The molecule has 1 unspecified atom stereocenters. The number of thiophene rings is 1. The van der Waals surface area contributed by atoms with Crippen LogP contribution in [0.5, 0.6) is 5.75 Å². The molecule has 0 spiro atoms. The van der Waals surface area contributed by atoms with E-state index in [1.165, 1.54) is 24.8 Å². The number of non-ortho nitro benzene ring substituents is 1. The largest absolute Gasteiger partial charge is 0.494 e. The Hall–Kier alpha value is -2.08. The average molecular weight is 278 g/mol. The predicted octanol–water partition coefficient (Wildman–Crippen LogP) is 3.84. The van der Waals surface area contributed by atoms with Crippen molar-refractivity contribution in [3.8, 4) is 5.75 Å². The summed E-state index contributed by atoms with van der Waals surface area (Å²) in [5.41, 5.74) is 1.93. The van der Waals surface area contributed by atoms with Crippen LogP contribution >= 0.6 is 11.3 Å². The van der Waals surface area contributed by atoms with Gasteiger partial charge in [-0.1, -0.05) is 0 Å². The molecule has 0 aliphatic heterocycles. The van der Waals surface area contributed by atoms with Gasteiger partial charge in [0.2, 0.25) is 0 Å². The number of ether oxygens (including phenoxy) is 1.